The van der Waals surface area contributed by atoms with Crippen molar-refractivity contribution >= 4 is 32.3 Å². The number of fused-ring (bicyclic) bond motifs is 6. The zero-order valence-electron chi connectivity index (χ0n) is 12.5. The minimum Gasteiger partial charge on any atom is -0.192 e. The predicted octanol–water partition coefficient (Wildman–Crippen LogP) is 4.76. The van der Waals surface area contributed by atoms with Gasteiger partial charge in [-0.15, -0.1) is 0 Å². The Balaban J connectivity index is 2.33. The van der Waals surface area contributed by atoms with E-state index in [4.69, 9.17) is 0 Å². The van der Waals surface area contributed by atoms with Crippen molar-refractivity contribution in [3.05, 3.63) is 71.3 Å². The molecule has 0 aliphatic heterocycles. The Hall–Kier alpha value is -3.87. The standard InChI is InChI=1S/C21H9N3/c22-10-13-1-4-16-19(7-13)17-5-2-15(12-24)9-21(17)18-6-3-14(11-23)8-20(16)18/h1-9H. The summed E-state index contributed by atoms with van der Waals surface area (Å²) in [6, 6.07) is 23.2. The summed E-state index contributed by atoms with van der Waals surface area (Å²) in [6.07, 6.45) is 0. The second-order valence-electron chi connectivity index (χ2n) is 5.62. The van der Waals surface area contributed by atoms with Gasteiger partial charge in [-0.2, -0.15) is 15.8 Å². The fraction of sp³-hybridized carbons (Fsp3) is 0. The molecular weight excluding hydrogens is 294 g/mol. The zero-order valence-corrected chi connectivity index (χ0v) is 12.5. The molecule has 4 aromatic carbocycles. The highest BCUT2D eigenvalue weighted by Crippen LogP contribution is 2.36. The van der Waals surface area contributed by atoms with Crippen LogP contribution in [0.2, 0.25) is 0 Å². The van der Waals surface area contributed by atoms with Gasteiger partial charge < -0.3 is 0 Å². The van der Waals surface area contributed by atoms with Gasteiger partial charge in [-0.05, 0) is 68.7 Å². The Kier molecular flexibility index (Phi) is 2.92. The van der Waals surface area contributed by atoms with Crippen LogP contribution in [0.5, 0.6) is 0 Å². The number of rotatable bonds is 0. The van der Waals surface area contributed by atoms with E-state index in [0.29, 0.717) is 16.7 Å². The molecule has 0 bridgehead atoms. The monoisotopic (exact) mass is 303 g/mol. The van der Waals surface area contributed by atoms with Gasteiger partial charge in [-0.25, -0.2) is 0 Å². The van der Waals surface area contributed by atoms with Crippen molar-refractivity contribution in [2.75, 3.05) is 0 Å². The lowest BCUT2D eigenvalue weighted by molar-refractivity contribution is 1.49. The fourth-order valence-corrected chi connectivity index (χ4v) is 3.21. The van der Waals surface area contributed by atoms with Crippen LogP contribution >= 0.6 is 0 Å². The van der Waals surface area contributed by atoms with Gasteiger partial charge in [0, 0.05) is 0 Å². The summed E-state index contributed by atoms with van der Waals surface area (Å²) in [5.74, 6) is 0. The quantitative estimate of drug-likeness (QED) is 0.440. The number of hydrogen-bond acceptors (Lipinski definition) is 3. The molecule has 0 saturated carbocycles. The molecule has 3 nitrogen and oxygen atoms in total. The molecule has 24 heavy (non-hydrogen) atoms. The van der Waals surface area contributed by atoms with E-state index >= 15 is 0 Å². The van der Waals surface area contributed by atoms with E-state index in [9.17, 15) is 15.8 Å². The van der Waals surface area contributed by atoms with Gasteiger partial charge in [-0.3, -0.25) is 0 Å². The second-order valence-corrected chi connectivity index (χ2v) is 5.62. The van der Waals surface area contributed by atoms with Crippen LogP contribution in [0.1, 0.15) is 16.7 Å². The summed E-state index contributed by atoms with van der Waals surface area (Å²) in [6.45, 7) is 0. The van der Waals surface area contributed by atoms with Gasteiger partial charge in [-0.1, -0.05) is 18.2 Å². The van der Waals surface area contributed by atoms with Gasteiger partial charge in [0.2, 0.25) is 0 Å². The molecule has 0 aliphatic carbocycles. The molecular formula is C21H9N3. The molecule has 4 aromatic rings. The highest BCUT2D eigenvalue weighted by molar-refractivity contribution is 6.25. The van der Waals surface area contributed by atoms with Crippen LogP contribution in [0.4, 0.5) is 0 Å². The summed E-state index contributed by atoms with van der Waals surface area (Å²) in [7, 11) is 0. The lowest BCUT2D eigenvalue weighted by Crippen LogP contribution is -1.87. The highest BCUT2D eigenvalue weighted by Gasteiger charge is 2.10. The second kappa shape index (κ2) is 5.10. The summed E-state index contributed by atoms with van der Waals surface area (Å²) in [5, 5.41) is 33.5. The average molecular weight is 303 g/mol. The number of hydrogen-bond donors (Lipinski definition) is 0. The summed E-state index contributed by atoms with van der Waals surface area (Å²) in [5.41, 5.74) is 1.76. The molecule has 0 aromatic heterocycles. The Morgan fingerprint density at radius 2 is 0.708 bits per heavy atom. The van der Waals surface area contributed by atoms with Crippen LogP contribution in [0.25, 0.3) is 32.3 Å². The van der Waals surface area contributed by atoms with E-state index in [1.165, 1.54) is 0 Å². The lowest BCUT2D eigenvalue weighted by Gasteiger charge is -2.11. The first-order valence-electron chi connectivity index (χ1n) is 7.38. The number of benzene rings is 4. The molecule has 0 unspecified atom stereocenters. The Labute approximate surface area is 138 Å². The molecule has 0 fully saturated rings. The maximum atomic E-state index is 9.21. The van der Waals surface area contributed by atoms with Crippen molar-refractivity contribution in [1.82, 2.24) is 0 Å². The minimum absolute atomic E-state index is 0.587. The van der Waals surface area contributed by atoms with Crippen molar-refractivity contribution < 1.29 is 0 Å². The fourth-order valence-electron chi connectivity index (χ4n) is 3.21. The molecule has 0 radical (unpaired) electrons. The smallest absolute Gasteiger partial charge is 0.0991 e. The molecule has 108 valence electrons. The van der Waals surface area contributed by atoms with Crippen molar-refractivity contribution in [2.45, 2.75) is 0 Å². The molecule has 0 heterocycles. The normalized spacial score (nSPS) is 10.4. The van der Waals surface area contributed by atoms with Crippen LogP contribution in [-0.2, 0) is 0 Å². The Bertz CT molecular complexity index is 1090. The van der Waals surface area contributed by atoms with Crippen LogP contribution in [0.3, 0.4) is 0 Å². The summed E-state index contributed by atoms with van der Waals surface area (Å²) in [4.78, 5) is 0. The molecule has 0 amide bonds. The molecule has 0 saturated heterocycles. The molecule has 0 N–H and O–H groups in total. The van der Waals surface area contributed by atoms with Crippen molar-refractivity contribution in [2.24, 2.45) is 0 Å². The van der Waals surface area contributed by atoms with Gasteiger partial charge in [0.25, 0.3) is 0 Å². The number of nitrogens with zero attached hydrogens (tertiary/aromatic N) is 3. The van der Waals surface area contributed by atoms with Gasteiger partial charge in [0.15, 0.2) is 0 Å². The van der Waals surface area contributed by atoms with E-state index in [2.05, 4.69) is 18.2 Å². The maximum Gasteiger partial charge on any atom is 0.0991 e. The molecule has 0 atom stereocenters. The molecule has 3 heteroatoms. The van der Waals surface area contributed by atoms with E-state index in [1.807, 2.05) is 36.4 Å². The Morgan fingerprint density at radius 3 is 0.958 bits per heavy atom. The summed E-state index contributed by atoms with van der Waals surface area (Å²) >= 11 is 0. The minimum atomic E-state index is 0.587. The third-order valence-corrected chi connectivity index (χ3v) is 4.32. The van der Waals surface area contributed by atoms with Gasteiger partial charge in [0.1, 0.15) is 0 Å². The van der Waals surface area contributed by atoms with Crippen LogP contribution in [0, 0.1) is 34.0 Å². The maximum absolute atomic E-state index is 9.21. The third-order valence-electron chi connectivity index (χ3n) is 4.32. The lowest BCUT2D eigenvalue weighted by atomic mass is 9.92. The molecule has 4 rings (SSSR count). The molecule has 0 spiro atoms. The Morgan fingerprint density at radius 1 is 0.417 bits per heavy atom. The third kappa shape index (κ3) is 1.88. The largest absolute Gasteiger partial charge is 0.192 e. The van der Waals surface area contributed by atoms with Crippen LogP contribution < -0.4 is 0 Å². The molecule has 0 aliphatic rings. The number of nitriles is 3. The topological polar surface area (TPSA) is 71.4 Å². The van der Waals surface area contributed by atoms with Gasteiger partial charge >= 0.3 is 0 Å². The SMILES string of the molecule is N#Cc1ccc2c(c1)c1ccc(C#N)cc1c1ccc(C#N)cc21. The first-order valence-corrected chi connectivity index (χ1v) is 7.38. The average Bonchev–Trinajstić information content (AvgIpc) is 2.66. The van der Waals surface area contributed by atoms with E-state index < -0.39 is 0 Å². The first kappa shape index (κ1) is 13.8. The first-order chi connectivity index (χ1) is 11.7. The predicted molar refractivity (Wildman–Crippen MR) is 93.1 cm³/mol. The van der Waals surface area contributed by atoms with Crippen LogP contribution in [-0.4, -0.2) is 0 Å². The van der Waals surface area contributed by atoms with E-state index in [1.54, 1.807) is 18.2 Å². The van der Waals surface area contributed by atoms with Gasteiger partial charge in [0.05, 0.1) is 34.9 Å². The highest BCUT2D eigenvalue weighted by atomic mass is 14.3. The summed E-state index contributed by atoms with van der Waals surface area (Å²) < 4.78 is 0. The van der Waals surface area contributed by atoms with E-state index in [-0.39, 0.29) is 0 Å². The van der Waals surface area contributed by atoms with Crippen molar-refractivity contribution in [3.8, 4) is 18.2 Å². The van der Waals surface area contributed by atoms with E-state index in [0.717, 1.165) is 32.3 Å². The van der Waals surface area contributed by atoms with Crippen LogP contribution in [0.15, 0.2) is 54.6 Å². The van der Waals surface area contributed by atoms with Crippen molar-refractivity contribution in [1.29, 1.82) is 15.8 Å². The zero-order chi connectivity index (χ0) is 16.7. The van der Waals surface area contributed by atoms with Crippen molar-refractivity contribution in [3.63, 3.8) is 0 Å².